The van der Waals surface area contributed by atoms with Crippen LogP contribution in [-0.2, 0) is 6.54 Å². The predicted molar refractivity (Wildman–Crippen MR) is 87.8 cm³/mol. The molecule has 0 fully saturated rings. The number of nitrogens with one attached hydrogen (secondary N) is 1. The zero-order chi connectivity index (χ0) is 17.4. The predicted octanol–water partition coefficient (Wildman–Crippen LogP) is 2.52. The summed E-state index contributed by atoms with van der Waals surface area (Å²) in [5.41, 5.74) is 2.91. The molecule has 0 atom stereocenters. The van der Waals surface area contributed by atoms with Crippen LogP contribution in [0.3, 0.4) is 0 Å². The van der Waals surface area contributed by atoms with Gasteiger partial charge in [0, 0.05) is 17.3 Å². The van der Waals surface area contributed by atoms with Crippen molar-refractivity contribution in [1.29, 1.82) is 0 Å². The van der Waals surface area contributed by atoms with E-state index in [1.54, 1.807) is 35.3 Å². The molecule has 0 saturated heterocycles. The van der Waals surface area contributed by atoms with Crippen LogP contribution in [0.5, 0.6) is 11.5 Å². The van der Waals surface area contributed by atoms with Gasteiger partial charge in [0.25, 0.3) is 5.91 Å². The summed E-state index contributed by atoms with van der Waals surface area (Å²) >= 11 is 0. The first kappa shape index (κ1) is 15.3. The molecule has 8 heteroatoms. The fraction of sp³-hybridized carbons (Fsp3) is 0.235. The molecule has 0 saturated carbocycles. The molecular formula is C17H16N4O4. The van der Waals surface area contributed by atoms with Gasteiger partial charge in [0.15, 0.2) is 11.5 Å². The van der Waals surface area contributed by atoms with Crippen molar-refractivity contribution >= 4 is 11.6 Å². The van der Waals surface area contributed by atoms with Gasteiger partial charge >= 0.3 is 0 Å². The molecule has 25 heavy (non-hydrogen) atoms. The van der Waals surface area contributed by atoms with Crippen molar-refractivity contribution in [2.45, 2.75) is 20.4 Å². The highest BCUT2D eigenvalue weighted by atomic mass is 16.7. The van der Waals surface area contributed by atoms with E-state index in [9.17, 15) is 4.79 Å². The Morgan fingerprint density at radius 3 is 2.92 bits per heavy atom. The Labute approximate surface area is 143 Å². The SMILES string of the molecule is Cc1noc(C)c1Cn1cc(NC(=O)c2ccc3c(c2)OCO3)cn1. The summed E-state index contributed by atoms with van der Waals surface area (Å²) in [6.07, 6.45) is 3.36. The van der Waals surface area contributed by atoms with Gasteiger partial charge in [-0.3, -0.25) is 9.48 Å². The highest BCUT2D eigenvalue weighted by molar-refractivity contribution is 6.04. The lowest BCUT2D eigenvalue weighted by Gasteiger charge is -2.04. The Kier molecular flexibility index (Phi) is 3.64. The van der Waals surface area contributed by atoms with E-state index < -0.39 is 0 Å². The van der Waals surface area contributed by atoms with Gasteiger partial charge < -0.3 is 19.3 Å². The summed E-state index contributed by atoms with van der Waals surface area (Å²) < 4.78 is 17.4. The van der Waals surface area contributed by atoms with Gasteiger partial charge in [-0.15, -0.1) is 0 Å². The number of aromatic nitrogens is 3. The molecule has 0 spiro atoms. The van der Waals surface area contributed by atoms with E-state index in [0.29, 0.717) is 29.3 Å². The first-order valence-electron chi connectivity index (χ1n) is 7.75. The number of carbonyl (C=O) groups is 1. The maximum Gasteiger partial charge on any atom is 0.255 e. The number of carbonyl (C=O) groups excluding carboxylic acids is 1. The number of ether oxygens (including phenoxy) is 2. The molecule has 1 aromatic carbocycles. The molecule has 0 bridgehead atoms. The van der Waals surface area contributed by atoms with Crippen LogP contribution in [0.15, 0.2) is 35.1 Å². The van der Waals surface area contributed by atoms with E-state index in [4.69, 9.17) is 14.0 Å². The third-order valence-electron chi connectivity index (χ3n) is 4.03. The first-order valence-corrected chi connectivity index (χ1v) is 7.75. The number of benzene rings is 1. The third-order valence-corrected chi connectivity index (χ3v) is 4.03. The van der Waals surface area contributed by atoms with Crippen LogP contribution in [0.2, 0.25) is 0 Å². The molecule has 2 aromatic heterocycles. The lowest BCUT2D eigenvalue weighted by atomic mass is 10.2. The van der Waals surface area contributed by atoms with Crippen LogP contribution in [0.1, 0.15) is 27.4 Å². The zero-order valence-electron chi connectivity index (χ0n) is 13.8. The standard InChI is InChI=1S/C17H16N4O4/c1-10-14(11(2)25-20-10)8-21-7-13(6-18-21)19-17(22)12-3-4-15-16(5-12)24-9-23-15/h3-7H,8-9H2,1-2H3,(H,19,22). The highest BCUT2D eigenvalue weighted by Gasteiger charge is 2.17. The molecule has 0 aliphatic carbocycles. The lowest BCUT2D eigenvalue weighted by Crippen LogP contribution is -2.11. The fourth-order valence-corrected chi connectivity index (χ4v) is 2.65. The molecule has 128 valence electrons. The second kappa shape index (κ2) is 5.97. The summed E-state index contributed by atoms with van der Waals surface area (Å²) in [5.74, 6) is 1.74. The smallest absolute Gasteiger partial charge is 0.255 e. The van der Waals surface area contributed by atoms with E-state index in [2.05, 4.69) is 15.6 Å². The van der Waals surface area contributed by atoms with E-state index >= 15 is 0 Å². The Morgan fingerprint density at radius 2 is 2.12 bits per heavy atom. The van der Waals surface area contributed by atoms with Crippen LogP contribution in [0.4, 0.5) is 5.69 Å². The molecule has 8 nitrogen and oxygen atoms in total. The molecule has 1 aliphatic heterocycles. The van der Waals surface area contributed by atoms with Gasteiger partial charge in [-0.25, -0.2) is 0 Å². The number of rotatable bonds is 4. The molecule has 1 N–H and O–H groups in total. The van der Waals surface area contributed by atoms with Gasteiger partial charge in [0.05, 0.1) is 24.1 Å². The molecular weight excluding hydrogens is 324 g/mol. The van der Waals surface area contributed by atoms with E-state index in [0.717, 1.165) is 17.0 Å². The summed E-state index contributed by atoms with van der Waals surface area (Å²) in [7, 11) is 0. The van der Waals surface area contributed by atoms with Crippen LogP contribution in [0.25, 0.3) is 0 Å². The van der Waals surface area contributed by atoms with Crippen molar-refractivity contribution in [3.63, 3.8) is 0 Å². The monoisotopic (exact) mass is 340 g/mol. The Bertz CT molecular complexity index is 925. The molecule has 1 aliphatic rings. The number of amides is 1. The van der Waals surface area contributed by atoms with E-state index in [1.807, 2.05) is 13.8 Å². The second-order valence-corrected chi connectivity index (χ2v) is 5.75. The van der Waals surface area contributed by atoms with Crippen LogP contribution < -0.4 is 14.8 Å². The van der Waals surface area contributed by atoms with Crippen molar-refractivity contribution in [2.24, 2.45) is 0 Å². The van der Waals surface area contributed by atoms with Crippen molar-refractivity contribution < 1.29 is 18.8 Å². The van der Waals surface area contributed by atoms with Crippen molar-refractivity contribution in [2.75, 3.05) is 12.1 Å². The highest BCUT2D eigenvalue weighted by Crippen LogP contribution is 2.32. The minimum atomic E-state index is -0.241. The number of aryl methyl sites for hydroxylation is 2. The molecule has 3 aromatic rings. The molecule has 1 amide bonds. The maximum absolute atomic E-state index is 12.4. The lowest BCUT2D eigenvalue weighted by molar-refractivity contribution is 0.102. The van der Waals surface area contributed by atoms with E-state index in [1.165, 1.54) is 0 Å². The van der Waals surface area contributed by atoms with E-state index in [-0.39, 0.29) is 12.7 Å². The van der Waals surface area contributed by atoms with Gasteiger partial charge in [0.2, 0.25) is 6.79 Å². The van der Waals surface area contributed by atoms with Gasteiger partial charge in [0.1, 0.15) is 5.76 Å². The number of anilines is 1. The number of hydrogen-bond donors (Lipinski definition) is 1. The number of nitrogens with zero attached hydrogens (tertiary/aromatic N) is 3. The maximum atomic E-state index is 12.4. The molecule has 0 unspecified atom stereocenters. The average molecular weight is 340 g/mol. The van der Waals surface area contributed by atoms with Crippen LogP contribution >= 0.6 is 0 Å². The fourth-order valence-electron chi connectivity index (χ4n) is 2.65. The molecule has 0 radical (unpaired) electrons. The Morgan fingerprint density at radius 1 is 1.28 bits per heavy atom. The summed E-state index contributed by atoms with van der Waals surface area (Å²) in [5, 5.41) is 11.0. The quantitative estimate of drug-likeness (QED) is 0.785. The Balaban J connectivity index is 1.46. The average Bonchev–Trinajstić information content (AvgIpc) is 3.31. The summed E-state index contributed by atoms with van der Waals surface area (Å²) in [6, 6.07) is 5.07. The molecule has 4 rings (SSSR count). The summed E-state index contributed by atoms with van der Waals surface area (Å²) in [6.45, 7) is 4.45. The third kappa shape index (κ3) is 2.93. The number of fused-ring (bicyclic) bond motifs is 1. The van der Waals surface area contributed by atoms with Crippen molar-refractivity contribution in [3.05, 3.63) is 53.2 Å². The minimum Gasteiger partial charge on any atom is -0.454 e. The normalized spacial score (nSPS) is 12.4. The number of hydrogen-bond acceptors (Lipinski definition) is 6. The summed E-state index contributed by atoms with van der Waals surface area (Å²) in [4.78, 5) is 12.4. The first-order chi connectivity index (χ1) is 12.1. The van der Waals surface area contributed by atoms with Crippen molar-refractivity contribution in [1.82, 2.24) is 14.9 Å². The minimum absolute atomic E-state index is 0.175. The van der Waals surface area contributed by atoms with Crippen LogP contribution in [-0.4, -0.2) is 27.6 Å². The topological polar surface area (TPSA) is 91.4 Å². The molecule has 3 heterocycles. The largest absolute Gasteiger partial charge is 0.454 e. The van der Waals surface area contributed by atoms with Gasteiger partial charge in [-0.2, -0.15) is 5.10 Å². The van der Waals surface area contributed by atoms with Crippen molar-refractivity contribution in [3.8, 4) is 11.5 Å². The van der Waals surface area contributed by atoms with Gasteiger partial charge in [-0.05, 0) is 32.0 Å². The zero-order valence-corrected chi connectivity index (χ0v) is 13.8. The Hall–Kier alpha value is -3.29. The second-order valence-electron chi connectivity index (χ2n) is 5.75. The van der Waals surface area contributed by atoms with Crippen LogP contribution in [0, 0.1) is 13.8 Å². The van der Waals surface area contributed by atoms with Gasteiger partial charge in [-0.1, -0.05) is 5.16 Å².